The Bertz CT molecular complexity index is 146. The lowest BCUT2D eigenvalue weighted by Gasteiger charge is -2.41. The molecule has 2 aliphatic rings. The van der Waals surface area contributed by atoms with Crippen LogP contribution in [0.5, 0.6) is 0 Å². The third kappa shape index (κ3) is 1.64. The molecule has 1 saturated heterocycles. The van der Waals surface area contributed by atoms with Gasteiger partial charge in [0.05, 0.1) is 6.10 Å². The summed E-state index contributed by atoms with van der Waals surface area (Å²) in [7, 11) is 0. The molecule has 2 heteroatoms. The van der Waals surface area contributed by atoms with Crippen LogP contribution in [0, 0.1) is 11.8 Å². The minimum Gasteiger partial charge on any atom is -0.393 e. The molecule has 0 radical (unpaired) electrons. The lowest BCUT2D eigenvalue weighted by molar-refractivity contribution is 0.0172. The summed E-state index contributed by atoms with van der Waals surface area (Å²) in [6.07, 6.45) is 4.76. The molecule has 0 aromatic heterocycles. The van der Waals surface area contributed by atoms with E-state index >= 15 is 0 Å². The van der Waals surface area contributed by atoms with E-state index in [4.69, 9.17) is 0 Å². The quantitative estimate of drug-likeness (QED) is 0.617. The molecule has 0 amide bonds. The van der Waals surface area contributed by atoms with Crippen LogP contribution in [0.15, 0.2) is 0 Å². The number of nitrogens with one attached hydrogen (secondary N) is 1. The molecular weight excluding hydrogens is 150 g/mol. The van der Waals surface area contributed by atoms with Crippen molar-refractivity contribution in [1.29, 1.82) is 0 Å². The van der Waals surface area contributed by atoms with Gasteiger partial charge in [-0.15, -0.1) is 0 Å². The normalized spacial score (nSPS) is 48.5. The van der Waals surface area contributed by atoms with Crippen LogP contribution in [0.1, 0.15) is 32.6 Å². The largest absolute Gasteiger partial charge is 0.393 e. The van der Waals surface area contributed by atoms with Crippen molar-refractivity contribution in [3.63, 3.8) is 0 Å². The van der Waals surface area contributed by atoms with Crippen molar-refractivity contribution in [2.75, 3.05) is 6.54 Å². The molecule has 1 aliphatic heterocycles. The van der Waals surface area contributed by atoms with Gasteiger partial charge in [0.1, 0.15) is 0 Å². The summed E-state index contributed by atoms with van der Waals surface area (Å²) in [5.41, 5.74) is 0. The maximum atomic E-state index is 9.17. The number of rotatable bonds is 1. The molecule has 0 spiro atoms. The van der Waals surface area contributed by atoms with E-state index in [1.165, 1.54) is 19.4 Å². The lowest BCUT2D eigenvalue weighted by Crippen LogP contribution is -2.48. The Hall–Kier alpha value is -0.0800. The van der Waals surface area contributed by atoms with Gasteiger partial charge in [0.25, 0.3) is 0 Å². The van der Waals surface area contributed by atoms with Gasteiger partial charge in [-0.1, -0.05) is 6.92 Å². The van der Waals surface area contributed by atoms with Gasteiger partial charge in [-0.3, -0.25) is 0 Å². The van der Waals surface area contributed by atoms with Gasteiger partial charge >= 0.3 is 0 Å². The molecule has 1 aliphatic carbocycles. The van der Waals surface area contributed by atoms with Crippen LogP contribution in [0.4, 0.5) is 0 Å². The average molecular weight is 169 g/mol. The fourth-order valence-corrected chi connectivity index (χ4v) is 2.38. The molecule has 1 saturated carbocycles. The Morgan fingerprint density at radius 2 is 2.00 bits per heavy atom. The zero-order valence-corrected chi connectivity index (χ0v) is 7.79. The molecule has 2 rings (SSSR count). The van der Waals surface area contributed by atoms with Gasteiger partial charge in [0, 0.05) is 6.04 Å². The first kappa shape index (κ1) is 8.52. The van der Waals surface area contributed by atoms with Gasteiger partial charge in [0.2, 0.25) is 0 Å². The molecular formula is C10H19NO. The van der Waals surface area contributed by atoms with Crippen molar-refractivity contribution in [2.24, 2.45) is 11.8 Å². The zero-order valence-electron chi connectivity index (χ0n) is 7.79. The third-order valence-electron chi connectivity index (χ3n) is 3.42. The number of piperidine rings is 1. The first-order valence-corrected chi connectivity index (χ1v) is 5.17. The molecule has 70 valence electrons. The summed E-state index contributed by atoms with van der Waals surface area (Å²) < 4.78 is 0. The van der Waals surface area contributed by atoms with Gasteiger partial charge in [-0.25, -0.2) is 0 Å². The summed E-state index contributed by atoms with van der Waals surface area (Å²) in [4.78, 5) is 0. The SMILES string of the molecule is CC1CCC(C2CC(O)C2)NC1. The predicted molar refractivity (Wildman–Crippen MR) is 48.9 cm³/mol. The van der Waals surface area contributed by atoms with Crippen LogP contribution in [0.3, 0.4) is 0 Å². The molecule has 2 nitrogen and oxygen atoms in total. The van der Waals surface area contributed by atoms with Gasteiger partial charge in [-0.05, 0) is 44.1 Å². The van der Waals surface area contributed by atoms with Crippen LogP contribution in [0.25, 0.3) is 0 Å². The highest BCUT2D eigenvalue weighted by atomic mass is 16.3. The van der Waals surface area contributed by atoms with Crippen LogP contribution in [-0.2, 0) is 0 Å². The van der Waals surface area contributed by atoms with E-state index in [0.717, 1.165) is 24.7 Å². The highest BCUT2D eigenvalue weighted by Gasteiger charge is 2.34. The number of hydrogen-bond donors (Lipinski definition) is 2. The van der Waals surface area contributed by atoms with E-state index in [-0.39, 0.29) is 6.10 Å². The molecule has 12 heavy (non-hydrogen) atoms. The third-order valence-corrected chi connectivity index (χ3v) is 3.42. The second kappa shape index (κ2) is 3.35. The van der Waals surface area contributed by atoms with Crippen LogP contribution >= 0.6 is 0 Å². The number of aliphatic hydroxyl groups excluding tert-OH is 1. The van der Waals surface area contributed by atoms with E-state index in [0.29, 0.717) is 6.04 Å². The van der Waals surface area contributed by atoms with E-state index in [9.17, 15) is 5.11 Å². The zero-order chi connectivity index (χ0) is 8.55. The Morgan fingerprint density at radius 1 is 1.25 bits per heavy atom. The van der Waals surface area contributed by atoms with Gasteiger partial charge in [-0.2, -0.15) is 0 Å². The number of hydrogen-bond acceptors (Lipinski definition) is 2. The topological polar surface area (TPSA) is 32.3 Å². The average Bonchev–Trinajstić information content (AvgIpc) is 2.01. The second-order valence-electron chi connectivity index (χ2n) is 4.58. The van der Waals surface area contributed by atoms with Crippen molar-refractivity contribution in [1.82, 2.24) is 5.32 Å². The highest BCUT2D eigenvalue weighted by molar-refractivity contribution is 4.90. The maximum Gasteiger partial charge on any atom is 0.0546 e. The molecule has 0 aromatic rings. The summed E-state index contributed by atoms with van der Waals surface area (Å²) >= 11 is 0. The van der Waals surface area contributed by atoms with Crippen molar-refractivity contribution < 1.29 is 5.11 Å². The van der Waals surface area contributed by atoms with Gasteiger partial charge in [0.15, 0.2) is 0 Å². The van der Waals surface area contributed by atoms with E-state index in [2.05, 4.69) is 12.2 Å². The highest BCUT2D eigenvalue weighted by Crippen LogP contribution is 2.33. The fraction of sp³-hybridized carbons (Fsp3) is 1.00. The lowest BCUT2D eigenvalue weighted by atomic mass is 9.74. The van der Waals surface area contributed by atoms with Crippen molar-refractivity contribution >= 4 is 0 Å². The summed E-state index contributed by atoms with van der Waals surface area (Å²) in [6, 6.07) is 0.713. The summed E-state index contributed by atoms with van der Waals surface area (Å²) in [5.74, 6) is 1.62. The molecule has 1 heterocycles. The Balaban J connectivity index is 1.75. The fourth-order valence-electron chi connectivity index (χ4n) is 2.38. The van der Waals surface area contributed by atoms with E-state index in [1.54, 1.807) is 0 Å². The molecule has 0 bridgehead atoms. The molecule has 0 aromatic carbocycles. The van der Waals surface area contributed by atoms with Crippen molar-refractivity contribution in [3.8, 4) is 0 Å². The first-order chi connectivity index (χ1) is 5.75. The molecule has 2 N–H and O–H groups in total. The maximum absolute atomic E-state index is 9.17. The summed E-state index contributed by atoms with van der Waals surface area (Å²) in [5, 5.41) is 12.8. The second-order valence-corrected chi connectivity index (χ2v) is 4.58. The first-order valence-electron chi connectivity index (χ1n) is 5.17. The van der Waals surface area contributed by atoms with Crippen LogP contribution < -0.4 is 5.32 Å². The van der Waals surface area contributed by atoms with E-state index in [1.807, 2.05) is 0 Å². The Labute approximate surface area is 74.4 Å². The van der Waals surface area contributed by atoms with Crippen molar-refractivity contribution in [2.45, 2.75) is 44.8 Å². The molecule has 2 unspecified atom stereocenters. The minimum absolute atomic E-state index is 0.0103. The number of aliphatic hydroxyl groups is 1. The Kier molecular flexibility index (Phi) is 2.37. The summed E-state index contributed by atoms with van der Waals surface area (Å²) in [6.45, 7) is 3.48. The Morgan fingerprint density at radius 3 is 2.50 bits per heavy atom. The monoisotopic (exact) mass is 169 g/mol. The molecule has 2 fully saturated rings. The standard InChI is InChI=1S/C10H19NO/c1-7-2-3-10(11-6-7)8-4-9(12)5-8/h7-12H,2-6H2,1H3. The minimum atomic E-state index is 0.0103. The predicted octanol–water partition coefficient (Wildman–Crippen LogP) is 1.15. The van der Waals surface area contributed by atoms with Crippen molar-refractivity contribution in [3.05, 3.63) is 0 Å². The van der Waals surface area contributed by atoms with Crippen LogP contribution in [-0.4, -0.2) is 23.8 Å². The van der Waals surface area contributed by atoms with Crippen LogP contribution in [0.2, 0.25) is 0 Å². The smallest absolute Gasteiger partial charge is 0.0546 e. The molecule has 2 atom stereocenters. The van der Waals surface area contributed by atoms with Gasteiger partial charge < -0.3 is 10.4 Å². The van der Waals surface area contributed by atoms with E-state index < -0.39 is 0 Å².